The highest BCUT2D eigenvalue weighted by atomic mass is 19.3. The molecule has 1 amide bonds. The zero-order valence-corrected chi connectivity index (χ0v) is 22.2. The normalized spacial score (nSPS) is 18.6. The van der Waals surface area contributed by atoms with Gasteiger partial charge in [-0.2, -0.15) is 8.78 Å². The highest BCUT2D eigenvalue weighted by Gasteiger charge is 2.34. The van der Waals surface area contributed by atoms with E-state index in [0.29, 0.717) is 38.0 Å². The average molecular weight is 562 g/mol. The van der Waals surface area contributed by atoms with E-state index in [1.807, 2.05) is 18.2 Å². The maximum absolute atomic E-state index is 13.1. The van der Waals surface area contributed by atoms with Crippen LogP contribution in [0.5, 0.6) is 5.75 Å². The number of halogens is 2. The van der Waals surface area contributed by atoms with Crippen molar-refractivity contribution in [2.24, 2.45) is 4.99 Å². The van der Waals surface area contributed by atoms with E-state index in [0.717, 1.165) is 41.0 Å². The molecule has 9 nitrogen and oxygen atoms in total. The van der Waals surface area contributed by atoms with Crippen molar-refractivity contribution in [2.45, 2.75) is 44.4 Å². The molecule has 0 aliphatic carbocycles. The molecule has 2 unspecified atom stereocenters. The summed E-state index contributed by atoms with van der Waals surface area (Å²) < 4.78 is 38.8. The van der Waals surface area contributed by atoms with E-state index in [2.05, 4.69) is 14.5 Å². The van der Waals surface area contributed by atoms with Crippen molar-refractivity contribution in [1.82, 2.24) is 19.4 Å². The zero-order chi connectivity index (χ0) is 28.3. The number of ether oxygens (including phenoxy) is 2. The number of alkyl halides is 2. The first-order valence-electron chi connectivity index (χ1n) is 13.6. The predicted octanol–water partition coefficient (Wildman–Crippen LogP) is 4.89. The van der Waals surface area contributed by atoms with Crippen LogP contribution < -0.4 is 10.3 Å². The van der Waals surface area contributed by atoms with Crippen molar-refractivity contribution in [1.29, 1.82) is 0 Å². The summed E-state index contributed by atoms with van der Waals surface area (Å²) in [5.74, 6) is 1.05. The Hall–Kier alpha value is -4.54. The lowest BCUT2D eigenvalue weighted by Crippen LogP contribution is -2.28. The minimum atomic E-state index is -2.92. The maximum atomic E-state index is 13.1. The van der Waals surface area contributed by atoms with Gasteiger partial charge < -0.3 is 23.9 Å². The lowest BCUT2D eigenvalue weighted by molar-refractivity contribution is -0.128. The van der Waals surface area contributed by atoms with Gasteiger partial charge >= 0.3 is 6.61 Å². The Bertz CT molecular complexity index is 1630. The van der Waals surface area contributed by atoms with Gasteiger partial charge in [0.05, 0.1) is 17.6 Å². The topological polar surface area (TPSA) is 102 Å². The highest BCUT2D eigenvalue weighted by Crippen LogP contribution is 2.43. The number of nitrogens with zero attached hydrogens (tertiary/aromatic N) is 4. The average Bonchev–Trinajstić information content (AvgIpc) is 3.64. The Labute approximate surface area is 234 Å². The first-order chi connectivity index (χ1) is 20.0. The second-order valence-corrected chi connectivity index (χ2v) is 10.2. The third-order valence-electron chi connectivity index (χ3n) is 7.60. The Balaban J connectivity index is 1.30. The molecule has 2 aliphatic rings. The predicted molar refractivity (Wildman–Crippen MR) is 149 cm³/mol. The number of hydrogen-bond acceptors (Lipinski definition) is 6. The molecule has 2 aromatic heterocycles. The van der Waals surface area contributed by atoms with Gasteiger partial charge in [0.15, 0.2) is 6.40 Å². The van der Waals surface area contributed by atoms with Gasteiger partial charge in [0.25, 0.3) is 0 Å². The summed E-state index contributed by atoms with van der Waals surface area (Å²) in [7, 11) is 0. The number of carbonyl (C=O) groups is 1. The van der Waals surface area contributed by atoms with E-state index in [1.54, 1.807) is 41.4 Å². The van der Waals surface area contributed by atoms with E-state index in [9.17, 15) is 18.4 Å². The Morgan fingerprint density at radius 2 is 1.98 bits per heavy atom. The molecule has 0 radical (unpaired) electrons. The van der Waals surface area contributed by atoms with Crippen molar-refractivity contribution in [3.63, 3.8) is 0 Å². The SMILES string of the molecule is O=C1CCCN1CCOC=NC1CC(Cc2ccccc2OC(F)F)n2c1nc1ccc(-c3ccc(=O)[nH]c3)cc12. The first kappa shape index (κ1) is 26.7. The van der Waals surface area contributed by atoms with Gasteiger partial charge in [-0.05, 0) is 60.2 Å². The molecule has 41 heavy (non-hydrogen) atoms. The fourth-order valence-corrected chi connectivity index (χ4v) is 5.68. The van der Waals surface area contributed by atoms with Crippen molar-refractivity contribution >= 4 is 23.3 Å². The summed E-state index contributed by atoms with van der Waals surface area (Å²) in [4.78, 5) is 37.5. The van der Waals surface area contributed by atoms with Crippen LogP contribution in [0.15, 0.2) is 70.6 Å². The van der Waals surface area contributed by atoms with Crippen LogP contribution >= 0.6 is 0 Å². The lowest BCUT2D eigenvalue weighted by atomic mass is 10.0. The molecule has 4 aromatic rings. The number of para-hydroxylation sites is 1. The number of nitrogens with one attached hydrogen (secondary N) is 1. The van der Waals surface area contributed by atoms with E-state index in [1.165, 1.54) is 12.5 Å². The second-order valence-electron chi connectivity index (χ2n) is 10.2. The van der Waals surface area contributed by atoms with Gasteiger partial charge in [0.2, 0.25) is 11.5 Å². The van der Waals surface area contributed by atoms with E-state index in [-0.39, 0.29) is 29.3 Å². The van der Waals surface area contributed by atoms with E-state index in [4.69, 9.17) is 14.5 Å². The molecule has 6 rings (SSSR count). The summed E-state index contributed by atoms with van der Waals surface area (Å²) >= 11 is 0. The van der Waals surface area contributed by atoms with Gasteiger partial charge in [-0.3, -0.25) is 9.59 Å². The molecule has 0 saturated carbocycles. The lowest BCUT2D eigenvalue weighted by Gasteiger charge is -2.17. The molecule has 2 aromatic carbocycles. The quantitative estimate of drug-likeness (QED) is 0.169. The number of imidazole rings is 1. The van der Waals surface area contributed by atoms with Gasteiger partial charge in [-0.1, -0.05) is 24.3 Å². The number of pyridine rings is 1. The third kappa shape index (κ3) is 5.70. The minimum Gasteiger partial charge on any atom is -0.482 e. The van der Waals surface area contributed by atoms with Crippen LogP contribution in [0.1, 0.15) is 42.7 Å². The fraction of sp³-hybridized carbons (Fsp3) is 0.333. The number of amides is 1. The summed E-state index contributed by atoms with van der Waals surface area (Å²) in [5, 5.41) is 0. The molecule has 1 N–H and O–H groups in total. The Kier molecular flexibility index (Phi) is 7.49. The largest absolute Gasteiger partial charge is 0.482 e. The highest BCUT2D eigenvalue weighted by molar-refractivity contribution is 5.83. The van der Waals surface area contributed by atoms with Gasteiger partial charge in [-0.15, -0.1) is 0 Å². The number of benzene rings is 2. The van der Waals surface area contributed by atoms with Crippen LogP contribution in [0, 0.1) is 0 Å². The summed E-state index contributed by atoms with van der Waals surface area (Å²) in [6.07, 6.45) is 5.59. The van der Waals surface area contributed by atoms with E-state index >= 15 is 0 Å². The number of aromatic nitrogens is 3. The molecule has 1 fully saturated rings. The van der Waals surface area contributed by atoms with Crippen LogP contribution in [-0.4, -0.2) is 58.1 Å². The molecular weight excluding hydrogens is 532 g/mol. The number of aromatic amines is 1. The zero-order valence-electron chi connectivity index (χ0n) is 22.2. The summed E-state index contributed by atoms with van der Waals surface area (Å²) in [6, 6.07) is 15.5. The molecule has 2 atom stereocenters. The monoisotopic (exact) mass is 561 g/mol. The second kappa shape index (κ2) is 11.5. The van der Waals surface area contributed by atoms with Gasteiger partial charge in [0, 0.05) is 31.3 Å². The molecule has 212 valence electrons. The van der Waals surface area contributed by atoms with Crippen molar-refractivity contribution in [3.8, 4) is 16.9 Å². The van der Waals surface area contributed by atoms with E-state index < -0.39 is 6.61 Å². The maximum Gasteiger partial charge on any atom is 0.387 e. The number of rotatable bonds is 10. The fourth-order valence-electron chi connectivity index (χ4n) is 5.68. The van der Waals surface area contributed by atoms with Crippen LogP contribution in [0.2, 0.25) is 0 Å². The Morgan fingerprint density at radius 3 is 2.76 bits per heavy atom. The number of likely N-dealkylation sites (tertiary alicyclic amines) is 1. The minimum absolute atomic E-state index is 0.132. The van der Waals surface area contributed by atoms with Crippen molar-refractivity contribution in [3.05, 3.63) is 82.5 Å². The molecule has 1 saturated heterocycles. The smallest absolute Gasteiger partial charge is 0.387 e. The number of carbonyl (C=O) groups excluding carboxylic acids is 1. The summed E-state index contributed by atoms with van der Waals surface area (Å²) in [5.41, 5.74) is 3.91. The molecule has 0 bridgehead atoms. The number of fused-ring (bicyclic) bond motifs is 3. The molecule has 0 spiro atoms. The number of H-pyrrole nitrogens is 1. The first-order valence-corrected chi connectivity index (χ1v) is 13.6. The number of aliphatic imine (C=N–C) groups is 1. The van der Waals surface area contributed by atoms with Crippen LogP contribution in [-0.2, 0) is 16.0 Å². The van der Waals surface area contributed by atoms with Crippen molar-refractivity contribution < 1.29 is 23.0 Å². The van der Waals surface area contributed by atoms with Crippen LogP contribution in [0.4, 0.5) is 8.78 Å². The molecular formula is C30H29F2N5O4. The standard InChI is InChI=1S/C30H29F2N5O4/c31-30(32)41-26-5-2-1-4-20(26)14-22-16-24(34-18-40-13-12-36-11-3-6-28(36)39)29-35-23-9-7-19(15-25(23)37(22)29)21-8-10-27(38)33-17-21/h1-2,4-5,7-10,15,17-18,22,24,30H,3,6,11-14,16H2,(H,33,38). The van der Waals surface area contributed by atoms with Gasteiger partial charge in [0.1, 0.15) is 24.2 Å². The third-order valence-corrected chi connectivity index (χ3v) is 7.60. The van der Waals surface area contributed by atoms with Crippen molar-refractivity contribution in [2.75, 3.05) is 19.7 Å². The Morgan fingerprint density at radius 1 is 1.12 bits per heavy atom. The summed E-state index contributed by atoms with van der Waals surface area (Å²) in [6.45, 7) is -1.30. The van der Waals surface area contributed by atoms with Crippen LogP contribution in [0.25, 0.3) is 22.2 Å². The van der Waals surface area contributed by atoms with Gasteiger partial charge in [-0.25, -0.2) is 9.98 Å². The number of hydrogen-bond donors (Lipinski definition) is 1. The molecule has 4 heterocycles. The van der Waals surface area contributed by atoms with Crippen LogP contribution in [0.3, 0.4) is 0 Å². The molecule has 11 heteroatoms. The molecule has 2 aliphatic heterocycles.